The molecule has 0 aromatic rings. The molecule has 0 aromatic carbocycles. The normalized spacial score (nSPS) is 31.0. The van der Waals surface area contributed by atoms with Crippen LogP contribution in [0.2, 0.25) is 0 Å². The standard InChI is InChI=1S/C13H24F2N2O/c1-16-6-3-11(4-7-16)17-10-13(14,15)9-12(17)5-8-18-2/h11-12H,3-10H2,1-2H3/t12-/m0/s1. The molecule has 0 radical (unpaired) electrons. The summed E-state index contributed by atoms with van der Waals surface area (Å²) in [5.74, 6) is -2.51. The van der Waals surface area contributed by atoms with Crippen LogP contribution < -0.4 is 0 Å². The van der Waals surface area contributed by atoms with E-state index in [9.17, 15) is 8.78 Å². The van der Waals surface area contributed by atoms with E-state index in [4.69, 9.17) is 4.74 Å². The number of hydrogen-bond donors (Lipinski definition) is 0. The predicted molar refractivity (Wildman–Crippen MR) is 67.1 cm³/mol. The number of rotatable bonds is 4. The van der Waals surface area contributed by atoms with Crippen LogP contribution in [0.4, 0.5) is 8.78 Å². The van der Waals surface area contributed by atoms with Gasteiger partial charge in [0, 0.05) is 32.2 Å². The number of likely N-dealkylation sites (tertiary alicyclic amines) is 2. The molecular formula is C13H24F2N2O. The van der Waals surface area contributed by atoms with Crippen molar-refractivity contribution in [2.75, 3.05) is 40.4 Å². The average molecular weight is 262 g/mol. The second-order valence-electron chi connectivity index (χ2n) is 5.70. The Balaban J connectivity index is 1.95. The van der Waals surface area contributed by atoms with E-state index in [-0.39, 0.29) is 19.0 Å². The van der Waals surface area contributed by atoms with Crippen LogP contribution >= 0.6 is 0 Å². The fourth-order valence-electron chi connectivity index (χ4n) is 3.20. The van der Waals surface area contributed by atoms with Gasteiger partial charge in [-0.15, -0.1) is 0 Å². The Labute approximate surface area is 108 Å². The topological polar surface area (TPSA) is 15.7 Å². The summed E-state index contributed by atoms with van der Waals surface area (Å²) in [7, 11) is 3.73. The number of halogens is 2. The quantitative estimate of drug-likeness (QED) is 0.768. The molecule has 2 aliphatic rings. The summed E-state index contributed by atoms with van der Waals surface area (Å²) >= 11 is 0. The van der Waals surface area contributed by atoms with Crippen molar-refractivity contribution in [2.45, 2.75) is 43.7 Å². The van der Waals surface area contributed by atoms with Crippen LogP contribution in [0.1, 0.15) is 25.7 Å². The van der Waals surface area contributed by atoms with Gasteiger partial charge in [-0.3, -0.25) is 4.90 Å². The van der Waals surface area contributed by atoms with Crippen molar-refractivity contribution in [3.8, 4) is 0 Å². The average Bonchev–Trinajstić information content (AvgIpc) is 2.63. The van der Waals surface area contributed by atoms with Crippen molar-refractivity contribution in [1.29, 1.82) is 0 Å². The molecule has 1 atom stereocenters. The minimum Gasteiger partial charge on any atom is -0.385 e. The molecule has 0 spiro atoms. The van der Waals surface area contributed by atoms with Crippen LogP contribution in [0, 0.1) is 0 Å². The van der Waals surface area contributed by atoms with Gasteiger partial charge >= 0.3 is 0 Å². The number of hydrogen-bond acceptors (Lipinski definition) is 3. The zero-order valence-corrected chi connectivity index (χ0v) is 11.4. The Hall–Kier alpha value is -0.260. The molecule has 18 heavy (non-hydrogen) atoms. The Kier molecular flexibility index (Phi) is 4.56. The van der Waals surface area contributed by atoms with Crippen molar-refractivity contribution >= 4 is 0 Å². The molecule has 0 N–H and O–H groups in total. The lowest BCUT2D eigenvalue weighted by Gasteiger charge is -2.38. The lowest BCUT2D eigenvalue weighted by atomic mass is 10.0. The van der Waals surface area contributed by atoms with Crippen LogP contribution in [0.15, 0.2) is 0 Å². The molecular weight excluding hydrogens is 238 g/mol. The van der Waals surface area contributed by atoms with E-state index in [0.29, 0.717) is 12.6 Å². The highest BCUT2D eigenvalue weighted by Gasteiger charge is 2.47. The maximum absolute atomic E-state index is 13.6. The molecule has 2 heterocycles. The van der Waals surface area contributed by atoms with Gasteiger partial charge in [0.05, 0.1) is 6.54 Å². The lowest BCUT2D eigenvalue weighted by Crippen LogP contribution is -2.46. The highest BCUT2D eigenvalue weighted by Crippen LogP contribution is 2.36. The Morgan fingerprint density at radius 3 is 2.56 bits per heavy atom. The van der Waals surface area contributed by atoms with Crippen molar-refractivity contribution in [3.05, 3.63) is 0 Å². The molecule has 2 saturated heterocycles. The van der Waals surface area contributed by atoms with E-state index < -0.39 is 5.92 Å². The van der Waals surface area contributed by atoms with Crippen LogP contribution in [-0.4, -0.2) is 68.2 Å². The van der Waals surface area contributed by atoms with Crippen LogP contribution in [0.3, 0.4) is 0 Å². The van der Waals surface area contributed by atoms with Gasteiger partial charge in [0.2, 0.25) is 0 Å². The minimum absolute atomic E-state index is 0.00268. The number of ether oxygens (including phenoxy) is 1. The molecule has 106 valence electrons. The first kappa shape index (κ1) is 14.2. The molecule has 0 bridgehead atoms. The van der Waals surface area contributed by atoms with E-state index in [1.165, 1.54) is 0 Å². The van der Waals surface area contributed by atoms with Gasteiger partial charge in [0.25, 0.3) is 5.92 Å². The van der Waals surface area contributed by atoms with Gasteiger partial charge in [0.15, 0.2) is 0 Å². The first-order valence-electron chi connectivity index (χ1n) is 6.83. The Morgan fingerprint density at radius 1 is 1.28 bits per heavy atom. The second-order valence-corrected chi connectivity index (χ2v) is 5.70. The highest BCUT2D eigenvalue weighted by molar-refractivity contribution is 4.95. The summed E-state index contributed by atoms with van der Waals surface area (Å²) in [4.78, 5) is 4.32. The fraction of sp³-hybridized carbons (Fsp3) is 1.00. The highest BCUT2D eigenvalue weighted by atomic mass is 19.3. The van der Waals surface area contributed by atoms with Gasteiger partial charge in [0.1, 0.15) is 0 Å². The van der Waals surface area contributed by atoms with E-state index in [1.54, 1.807) is 7.11 Å². The monoisotopic (exact) mass is 262 g/mol. The Morgan fingerprint density at radius 2 is 1.94 bits per heavy atom. The third-order valence-corrected chi connectivity index (χ3v) is 4.23. The van der Waals surface area contributed by atoms with Gasteiger partial charge in [-0.25, -0.2) is 8.78 Å². The number of nitrogens with zero attached hydrogens (tertiary/aromatic N) is 2. The summed E-state index contributed by atoms with van der Waals surface area (Å²) in [6.45, 7) is 2.55. The van der Waals surface area contributed by atoms with Crippen molar-refractivity contribution in [1.82, 2.24) is 9.80 Å². The zero-order chi connectivity index (χ0) is 13.2. The maximum Gasteiger partial charge on any atom is 0.262 e. The summed E-state index contributed by atoms with van der Waals surface area (Å²) in [6.07, 6.45) is 2.74. The molecule has 0 amide bonds. The predicted octanol–water partition coefficient (Wildman–Crippen LogP) is 1.83. The molecule has 0 aliphatic carbocycles. The van der Waals surface area contributed by atoms with Crippen molar-refractivity contribution < 1.29 is 13.5 Å². The molecule has 3 nitrogen and oxygen atoms in total. The number of methoxy groups -OCH3 is 1. The van der Waals surface area contributed by atoms with E-state index >= 15 is 0 Å². The molecule has 0 unspecified atom stereocenters. The Bertz CT molecular complexity index is 268. The molecule has 2 rings (SSSR count). The van der Waals surface area contributed by atoms with Crippen molar-refractivity contribution in [2.24, 2.45) is 0 Å². The largest absolute Gasteiger partial charge is 0.385 e. The van der Waals surface area contributed by atoms with Gasteiger partial charge < -0.3 is 9.64 Å². The molecule has 5 heteroatoms. The van der Waals surface area contributed by atoms with Crippen LogP contribution in [0.25, 0.3) is 0 Å². The SMILES string of the molecule is COCC[C@H]1CC(F)(F)CN1C1CCN(C)CC1. The first-order chi connectivity index (χ1) is 8.52. The van der Waals surface area contributed by atoms with Crippen molar-refractivity contribution in [3.63, 3.8) is 0 Å². The minimum atomic E-state index is -2.51. The van der Waals surface area contributed by atoms with Crippen LogP contribution in [-0.2, 0) is 4.74 Å². The third-order valence-electron chi connectivity index (χ3n) is 4.23. The third kappa shape index (κ3) is 3.39. The van der Waals surface area contributed by atoms with E-state index in [1.807, 2.05) is 4.90 Å². The van der Waals surface area contributed by atoms with Gasteiger partial charge in [-0.05, 0) is 39.4 Å². The second kappa shape index (κ2) is 5.80. The van der Waals surface area contributed by atoms with Gasteiger partial charge in [-0.2, -0.15) is 0 Å². The maximum atomic E-state index is 13.6. The summed E-state index contributed by atoms with van der Waals surface area (Å²) in [5, 5.41) is 0. The summed E-state index contributed by atoms with van der Waals surface area (Å²) in [6, 6.07) is 0.324. The molecule has 2 aliphatic heterocycles. The molecule has 0 aromatic heterocycles. The van der Waals surface area contributed by atoms with Crippen LogP contribution in [0.5, 0.6) is 0 Å². The number of alkyl halides is 2. The lowest BCUT2D eigenvalue weighted by molar-refractivity contribution is 0.00368. The first-order valence-corrected chi connectivity index (χ1v) is 6.83. The molecule has 2 fully saturated rings. The number of piperidine rings is 1. The summed E-state index contributed by atoms with van der Waals surface area (Å²) in [5.41, 5.74) is 0. The van der Waals surface area contributed by atoms with E-state index in [0.717, 1.165) is 32.4 Å². The molecule has 0 saturated carbocycles. The smallest absolute Gasteiger partial charge is 0.262 e. The van der Waals surface area contributed by atoms with E-state index in [2.05, 4.69) is 11.9 Å². The summed E-state index contributed by atoms with van der Waals surface area (Å²) < 4.78 is 32.3. The van der Waals surface area contributed by atoms with Gasteiger partial charge in [-0.1, -0.05) is 0 Å². The zero-order valence-electron chi connectivity index (χ0n) is 11.4. The fourth-order valence-corrected chi connectivity index (χ4v) is 3.20.